The molecule has 0 atom stereocenters. The topological polar surface area (TPSA) is 30.2 Å². The highest BCUT2D eigenvalue weighted by Gasteiger charge is 2.20. The van der Waals surface area contributed by atoms with Crippen molar-refractivity contribution in [3.63, 3.8) is 0 Å². The largest absolute Gasteiger partial charge is 0.451 e. The van der Waals surface area contributed by atoms with Crippen molar-refractivity contribution in [2.24, 2.45) is 0 Å². The third-order valence-electron chi connectivity index (χ3n) is 2.62. The minimum absolute atomic E-state index is 0.194. The van der Waals surface area contributed by atoms with Crippen molar-refractivity contribution in [3.8, 4) is 0 Å². The predicted octanol–water partition coefficient (Wildman–Crippen LogP) is 5.69. The van der Waals surface area contributed by atoms with Crippen LogP contribution in [0, 0.1) is 0 Å². The molecule has 0 spiro atoms. The first-order valence-corrected chi connectivity index (χ1v) is 7.19. The second-order valence-electron chi connectivity index (χ2n) is 3.84. The monoisotopic (exact) mass is 330 g/mol. The highest BCUT2D eigenvalue weighted by molar-refractivity contribution is 7.20. The van der Waals surface area contributed by atoms with Crippen LogP contribution in [0.5, 0.6) is 0 Å². The van der Waals surface area contributed by atoms with E-state index in [1.54, 1.807) is 18.2 Å². The van der Waals surface area contributed by atoms with Gasteiger partial charge >= 0.3 is 0 Å². The number of hydrogen-bond acceptors (Lipinski definition) is 3. The highest BCUT2D eigenvalue weighted by Crippen LogP contribution is 2.34. The lowest BCUT2D eigenvalue weighted by molar-refractivity contribution is 0.101. The van der Waals surface area contributed by atoms with E-state index in [-0.39, 0.29) is 11.5 Å². The SMILES string of the molecule is O=C(c1cc2cccc(Cl)c2o1)c1cc(Cl)sc1Cl. The van der Waals surface area contributed by atoms with Crippen molar-refractivity contribution < 1.29 is 9.21 Å². The van der Waals surface area contributed by atoms with E-state index in [0.717, 1.165) is 16.7 Å². The van der Waals surface area contributed by atoms with Gasteiger partial charge in [-0.2, -0.15) is 0 Å². The van der Waals surface area contributed by atoms with E-state index >= 15 is 0 Å². The molecular formula is C13H5Cl3O2S. The zero-order valence-electron chi connectivity index (χ0n) is 9.25. The summed E-state index contributed by atoms with van der Waals surface area (Å²) in [6.07, 6.45) is 0. The number of carbonyl (C=O) groups excluding carboxylic acids is 1. The molecule has 2 aromatic heterocycles. The van der Waals surface area contributed by atoms with E-state index in [4.69, 9.17) is 39.2 Å². The number of thiophene rings is 1. The summed E-state index contributed by atoms with van der Waals surface area (Å²) in [7, 11) is 0. The lowest BCUT2D eigenvalue weighted by atomic mass is 10.1. The lowest BCUT2D eigenvalue weighted by Crippen LogP contribution is -1.97. The van der Waals surface area contributed by atoms with Gasteiger partial charge in [-0.05, 0) is 18.2 Å². The normalized spacial score (nSPS) is 11.1. The van der Waals surface area contributed by atoms with Crippen molar-refractivity contribution in [1.82, 2.24) is 0 Å². The van der Waals surface area contributed by atoms with Crippen LogP contribution in [0.25, 0.3) is 11.0 Å². The van der Waals surface area contributed by atoms with Crippen LogP contribution in [0.1, 0.15) is 16.1 Å². The number of ketones is 1. The van der Waals surface area contributed by atoms with Crippen LogP contribution >= 0.6 is 46.1 Å². The molecule has 6 heteroatoms. The zero-order chi connectivity index (χ0) is 13.6. The fourth-order valence-electron chi connectivity index (χ4n) is 1.77. The fourth-order valence-corrected chi connectivity index (χ4v) is 3.45. The molecule has 19 heavy (non-hydrogen) atoms. The van der Waals surface area contributed by atoms with E-state index in [2.05, 4.69) is 0 Å². The number of furan rings is 1. The Morgan fingerprint density at radius 1 is 1.16 bits per heavy atom. The van der Waals surface area contributed by atoms with Gasteiger partial charge in [-0.15, -0.1) is 11.3 Å². The molecule has 0 amide bonds. The summed E-state index contributed by atoms with van der Waals surface area (Å²) < 4.78 is 6.31. The molecule has 0 saturated heterocycles. The van der Waals surface area contributed by atoms with Crippen LogP contribution in [0.2, 0.25) is 13.7 Å². The van der Waals surface area contributed by atoms with Crippen LogP contribution in [0.15, 0.2) is 34.7 Å². The first-order valence-electron chi connectivity index (χ1n) is 5.24. The van der Waals surface area contributed by atoms with Crippen molar-refractivity contribution in [2.75, 3.05) is 0 Å². The molecule has 0 aliphatic rings. The number of para-hydroxylation sites is 1. The summed E-state index contributed by atoms with van der Waals surface area (Å²) in [5, 5.41) is 1.24. The van der Waals surface area contributed by atoms with Crippen molar-refractivity contribution in [1.29, 1.82) is 0 Å². The van der Waals surface area contributed by atoms with E-state index in [1.807, 2.05) is 6.07 Å². The lowest BCUT2D eigenvalue weighted by Gasteiger charge is -1.93. The molecule has 0 radical (unpaired) electrons. The summed E-state index contributed by atoms with van der Waals surface area (Å²) in [4.78, 5) is 12.3. The molecule has 0 aliphatic heterocycles. The molecule has 0 N–H and O–H groups in total. The van der Waals surface area contributed by atoms with Gasteiger partial charge in [-0.1, -0.05) is 46.9 Å². The zero-order valence-corrected chi connectivity index (χ0v) is 12.3. The standard InChI is InChI=1S/C13H5Cl3O2S/c14-8-3-1-2-6-4-9(18-12(6)8)11(17)7-5-10(15)19-13(7)16/h1-5H. The van der Waals surface area contributed by atoms with Crippen LogP contribution < -0.4 is 0 Å². The number of rotatable bonds is 2. The molecule has 2 heterocycles. The Labute approximate surface area is 127 Å². The van der Waals surface area contributed by atoms with Crippen LogP contribution in [0.4, 0.5) is 0 Å². The second kappa shape index (κ2) is 4.84. The molecule has 3 rings (SSSR count). The summed E-state index contributed by atoms with van der Waals surface area (Å²) in [5.41, 5.74) is 0.830. The minimum Gasteiger partial charge on any atom is -0.451 e. The molecule has 0 fully saturated rings. The van der Waals surface area contributed by atoms with Gasteiger partial charge in [0.05, 0.1) is 14.9 Å². The summed E-state index contributed by atoms with van der Waals surface area (Å²) in [5.74, 6) is -0.111. The first-order chi connectivity index (χ1) is 9.06. The molecule has 2 nitrogen and oxygen atoms in total. The molecular weight excluding hydrogens is 327 g/mol. The van der Waals surface area contributed by atoms with Gasteiger partial charge in [-0.3, -0.25) is 4.79 Å². The summed E-state index contributed by atoms with van der Waals surface area (Å²) in [6.45, 7) is 0. The van der Waals surface area contributed by atoms with Crippen LogP contribution in [-0.4, -0.2) is 5.78 Å². The Morgan fingerprint density at radius 3 is 2.58 bits per heavy atom. The van der Waals surface area contributed by atoms with Gasteiger partial charge in [-0.25, -0.2) is 0 Å². The second-order valence-corrected chi connectivity index (χ2v) is 6.53. The molecule has 96 valence electrons. The van der Waals surface area contributed by atoms with Gasteiger partial charge in [0.1, 0.15) is 4.34 Å². The third-order valence-corrected chi connectivity index (χ3v) is 4.41. The molecule has 0 saturated carbocycles. The Hall–Kier alpha value is -1.00. The number of halogens is 3. The number of fused-ring (bicyclic) bond motifs is 1. The van der Waals surface area contributed by atoms with E-state index in [0.29, 0.717) is 24.8 Å². The molecule has 0 aliphatic carbocycles. The Bertz CT molecular complexity index is 788. The van der Waals surface area contributed by atoms with E-state index in [1.165, 1.54) is 6.07 Å². The summed E-state index contributed by atoms with van der Waals surface area (Å²) in [6, 6.07) is 8.50. The van der Waals surface area contributed by atoms with E-state index in [9.17, 15) is 4.79 Å². The smallest absolute Gasteiger partial charge is 0.230 e. The number of benzene rings is 1. The Morgan fingerprint density at radius 2 is 1.95 bits per heavy atom. The quantitative estimate of drug-likeness (QED) is 0.565. The first kappa shape index (κ1) is 13.0. The van der Waals surface area contributed by atoms with Gasteiger partial charge in [0.15, 0.2) is 11.3 Å². The fraction of sp³-hybridized carbons (Fsp3) is 0. The average Bonchev–Trinajstić information content (AvgIpc) is 2.93. The van der Waals surface area contributed by atoms with Gasteiger partial charge in [0, 0.05) is 5.39 Å². The maximum Gasteiger partial charge on any atom is 0.230 e. The van der Waals surface area contributed by atoms with E-state index < -0.39 is 0 Å². The number of carbonyl (C=O) groups is 1. The maximum absolute atomic E-state index is 12.3. The summed E-state index contributed by atoms with van der Waals surface area (Å²) >= 11 is 18.9. The molecule has 1 aromatic carbocycles. The minimum atomic E-state index is -0.305. The molecule has 0 unspecified atom stereocenters. The molecule has 0 bridgehead atoms. The van der Waals surface area contributed by atoms with Crippen molar-refractivity contribution in [3.05, 3.63) is 55.4 Å². The van der Waals surface area contributed by atoms with Crippen molar-refractivity contribution >= 4 is 62.9 Å². The van der Waals surface area contributed by atoms with Gasteiger partial charge in [0.2, 0.25) is 5.78 Å². The van der Waals surface area contributed by atoms with Gasteiger partial charge in [0.25, 0.3) is 0 Å². The molecule has 3 aromatic rings. The van der Waals surface area contributed by atoms with Crippen molar-refractivity contribution in [2.45, 2.75) is 0 Å². The van der Waals surface area contributed by atoms with Gasteiger partial charge < -0.3 is 4.42 Å². The Kier molecular flexibility index (Phi) is 3.31. The third kappa shape index (κ3) is 2.28. The Balaban J connectivity index is 2.12. The highest BCUT2D eigenvalue weighted by atomic mass is 35.5. The van der Waals surface area contributed by atoms with Crippen LogP contribution in [-0.2, 0) is 0 Å². The maximum atomic E-state index is 12.3. The van der Waals surface area contributed by atoms with Crippen LogP contribution in [0.3, 0.4) is 0 Å². The average molecular weight is 332 g/mol. The predicted molar refractivity (Wildman–Crippen MR) is 79.0 cm³/mol. The number of hydrogen-bond donors (Lipinski definition) is 0.